The maximum absolute atomic E-state index is 13.0. The fraction of sp³-hybridized carbons (Fsp3) is 0.438. The van der Waals surface area contributed by atoms with Crippen LogP contribution in [0.3, 0.4) is 0 Å². The van der Waals surface area contributed by atoms with Crippen molar-refractivity contribution in [3.8, 4) is 0 Å². The van der Waals surface area contributed by atoms with Crippen LogP contribution in [0.25, 0.3) is 0 Å². The molecule has 0 aromatic heterocycles. The van der Waals surface area contributed by atoms with Gasteiger partial charge in [-0.2, -0.15) is 0 Å². The van der Waals surface area contributed by atoms with E-state index >= 15 is 0 Å². The summed E-state index contributed by atoms with van der Waals surface area (Å²) < 4.78 is 30.4. The van der Waals surface area contributed by atoms with E-state index in [4.69, 9.17) is 4.74 Å². The second-order valence-corrected chi connectivity index (χ2v) is 6.57. The van der Waals surface area contributed by atoms with Crippen LogP contribution in [-0.2, 0) is 20.3 Å². The minimum Gasteiger partial charge on any atom is -0.370 e. The van der Waals surface area contributed by atoms with Gasteiger partial charge in [0, 0.05) is 23.1 Å². The van der Waals surface area contributed by atoms with Crippen molar-refractivity contribution < 1.29 is 18.1 Å². The third-order valence-corrected chi connectivity index (χ3v) is 4.60. The first-order valence-corrected chi connectivity index (χ1v) is 8.70. The molecule has 0 N–H and O–H groups in total. The second kappa shape index (κ2) is 8.19. The highest BCUT2D eigenvalue weighted by atomic mass is 32.2. The van der Waals surface area contributed by atoms with Crippen LogP contribution in [-0.4, -0.2) is 46.2 Å². The third kappa shape index (κ3) is 4.74. The molecule has 1 heterocycles. The Morgan fingerprint density at radius 1 is 1.45 bits per heavy atom. The van der Waals surface area contributed by atoms with Crippen LogP contribution in [0.4, 0.5) is 4.39 Å². The standard InChI is InChI=1S/C16H20FNO3S/c1-2-3-10-22(20)12-16(19)18-8-9-21-15(11-18)13-4-6-14(17)7-5-13/h2-7,15H,8-12H2,1H3. The van der Waals surface area contributed by atoms with E-state index in [2.05, 4.69) is 0 Å². The smallest absolute Gasteiger partial charge is 0.235 e. The summed E-state index contributed by atoms with van der Waals surface area (Å²) >= 11 is 0. The van der Waals surface area contributed by atoms with E-state index in [9.17, 15) is 13.4 Å². The molecule has 2 atom stereocenters. The lowest BCUT2D eigenvalue weighted by Gasteiger charge is -2.33. The molecule has 1 aromatic rings. The number of carbonyl (C=O) groups is 1. The van der Waals surface area contributed by atoms with E-state index in [0.29, 0.717) is 25.4 Å². The molecular formula is C16H20FNO3S. The molecule has 2 rings (SSSR count). The molecule has 0 saturated carbocycles. The molecule has 1 aliphatic heterocycles. The Hall–Kier alpha value is -1.53. The second-order valence-electron chi connectivity index (χ2n) is 5.07. The van der Waals surface area contributed by atoms with Crippen LogP contribution in [0.15, 0.2) is 36.4 Å². The molecule has 120 valence electrons. The lowest BCUT2D eigenvalue weighted by atomic mass is 10.1. The minimum atomic E-state index is -1.18. The highest BCUT2D eigenvalue weighted by molar-refractivity contribution is 7.85. The van der Waals surface area contributed by atoms with E-state index in [1.807, 2.05) is 13.0 Å². The van der Waals surface area contributed by atoms with E-state index < -0.39 is 10.8 Å². The molecule has 0 spiro atoms. The van der Waals surface area contributed by atoms with Crippen LogP contribution < -0.4 is 0 Å². The van der Waals surface area contributed by atoms with Gasteiger partial charge in [0.25, 0.3) is 0 Å². The van der Waals surface area contributed by atoms with Crippen molar-refractivity contribution in [2.24, 2.45) is 0 Å². The number of halogens is 1. The minimum absolute atomic E-state index is 0.0283. The molecular weight excluding hydrogens is 305 g/mol. The number of rotatable bonds is 5. The van der Waals surface area contributed by atoms with Crippen LogP contribution in [0.2, 0.25) is 0 Å². The summed E-state index contributed by atoms with van der Waals surface area (Å²) in [6.45, 7) is 3.19. The Bertz CT molecular complexity index is 559. The molecule has 22 heavy (non-hydrogen) atoms. The lowest BCUT2D eigenvalue weighted by molar-refractivity contribution is -0.136. The summed E-state index contributed by atoms with van der Waals surface area (Å²) in [4.78, 5) is 13.9. The topological polar surface area (TPSA) is 46.6 Å². The van der Waals surface area contributed by atoms with Crippen LogP contribution >= 0.6 is 0 Å². The summed E-state index contributed by atoms with van der Waals surface area (Å²) in [6.07, 6.45) is 3.35. The summed E-state index contributed by atoms with van der Waals surface area (Å²) in [5.41, 5.74) is 0.842. The van der Waals surface area contributed by atoms with Gasteiger partial charge in [-0.15, -0.1) is 0 Å². The maximum atomic E-state index is 13.0. The van der Waals surface area contributed by atoms with Gasteiger partial charge in [0.1, 0.15) is 17.7 Å². The van der Waals surface area contributed by atoms with Crippen molar-refractivity contribution in [3.05, 3.63) is 47.8 Å². The summed E-state index contributed by atoms with van der Waals surface area (Å²) in [5, 5.41) is 0. The number of hydrogen-bond donors (Lipinski definition) is 0. The Labute approximate surface area is 132 Å². The number of benzene rings is 1. The van der Waals surface area contributed by atoms with Crippen molar-refractivity contribution in [1.29, 1.82) is 0 Å². The van der Waals surface area contributed by atoms with Gasteiger partial charge < -0.3 is 9.64 Å². The third-order valence-electron chi connectivity index (χ3n) is 3.46. The van der Waals surface area contributed by atoms with Crippen molar-refractivity contribution >= 4 is 16.7 Å². The molecule has 1 amide bonds. The molecule has 4 nitrogen and oxygen atoms in total. The largest absolute Gasteiger partial charge is 0.370 e. The average Bonchev–Trinajstić information content (AvgIpc) is 2.53. The maximum Gasteiger partial charge on any atom is 0.235 e. The number of ether oxygens (including phenoxy) is 1. The van der Waals surface area contributed by atoms with E-state index in [-0.39, 0.29) is 23.6 Å². The molecule has 1 aromatic carbocycles. The lowest BCUT2D eigenvalue weighted by Crippen LogP contribution is -2.44. The predicted molar refractivity (Wildman–Crippen MR) is 84.4 cm³/mol. The number of carbonyl (C=O) groups excluding carboxylic acids is 1. The zero-order chi connectivity index (χ0) is 15.9. The summed E-state index contributed by atoms with van der Waals surface area (Å²) in [7, 11) is -1.18. The average molecular weight is 325 g/mol. The van der Waals surface area contributed by atoms with E-state index in [1.165, 1.54) is 12.1 Å². The highest BCUT2D eigenvalue weighted by Gasteiger charge is 2.26. The Kier molecular flexibility index (Phi) is 6.27. The van der Waals surface area contributed by atoms with E-state index in [1.54, 1.807) is 23.1 Å². The summed E-state index contributed by atoms with van der Waals surface area (Å²) in [5.74, 6) is -0.000771. The monoisotopic (exact) mass is 325 g/mol. The highest BCUT2D eigenvalue weighted by Crippen LogP contribution is 2.22. The number of amides is 1. The Morgan fingerprint density at radius 2 is 2.18 bits per heavy atom. The molecule has 1 aliphatic rings. The predicted octanol–water partition coefficient (Wildman–Crippen LogP) is 2.05. The number of allylic oxidation sites excluding steroid dienone is 1. The fourth-order valence-corrected chi connectivity index (χ4v) is 3.23. The SMILES string of the molecule is CC=CCS(=O)CC(=O)N1CCOC(c2ccc(F)cc2)C1. The Balaban J connectivity index is 1.93. The van der Waals surface area contributed by atoms with Crippen molar-refractivity contribution in [2.45, 2.75) is 13.0 Å². The zero-order valence-corrected chi connectivity index (χ0v) is 13.4. The Morgan fingerprint density at radius 3 is 2.86 bits per heavy atom. The van der Waals surface area contributed by atoms with Crippen molar-refractivity contribution in [2.75, 3.05) is 31.2 Å². The number of hydrogen-bond acceptors (Lipinski definition) is 3. The first-order chi connectivity index (χ1) is 10.6. The molecule has 1 saturated heterocycles. The normalized spacial score (nSPS) is 20.3. The van der Waals surface area contributed by atoms with Gasteiger partial charge in [-0.25, -0.2) is 4.39 Å². The van der Waals surface area contributed by atoms with Crippen molar-refractivity contribution in [1.82, 2.24) is 4.90 Å². The number of morpholine rings is 1. The molecule has 6 heteroatoms. The van der Waals surface area contributed by atoms with Gasteiger partial charge in [0.2, 0.25) is 5.91 Å². The number of nitrogens with zero attached hydrogens (tertiary/aromatic N) is 1. The molecule has 0 bridgehead atoms. The first-order valence-electron chi connectivity index (χ1n) is 7.21. The molecule has 0 aliphatic carbocycles. The van der Waals surface area contributed by atoms with Gasteiger partial charge in [-0.3, -0.25) is 9.00 Å². The van der Waals surface area contributed by atoms with Gasteiger partial charge in [0.15, 0.2) is 0 Å². The first kappa shape index (κ1) is 16.8. The van der Waals surface area contributed by atoms with Crippen molar-refractivity contribution in [3.63, 3.8) is 0 Å². The van der Waals surface area contributed by atoms with Gasteiger partial charge in [-0.05, 0) is 24.6 Å². The quantitative estimate of drug-likeness (QED) is 0.779. The fourth-order valence-electron chi connectivity index (χ4n) is 2.25. The molecule has 1 fully saturated rings. The summed E-state index contributed by atoms with van der Waals surface area (Å²) in [6, 6.07) is 6.09. The van der Waals surface area contributed by atoms with Gasteiger partial charge in [0.05, 0.1) is 13.2 Å². The molecule has 0 radical (unpaired) electrons. The van der Waals surface area contributed by atoms with E-state index in [0.717, 1.165) is 5.56 Å². The van der Waals surface area contributed by atoms with Crippen LogP contribution in [0.5, 0.6) is 0 Å². The van der Waals surface area contributed by atoms with Gasteiger partial charge >= 0.3 is 0 Å². The molecule has 2 unspecified atom stereocenters. The van der Waals surface area contributed by atoms with Crippen LogP contribution in [0, 0.1) is 5.82 Å². The van der Waals surface area contributed by atoms with Gasteiger partial charge in [-0.1, -0.05) is 24.3 Å². The zero-order valence-electron chi connectivity index (χ0n) is 12.5. The van der Waals surface area contributed by atoms with Crippen LogP contribution in [0.1, 0.15) is 18.6 Å².